The minimum atomic E-state index is -0.928. The quantitative estimate of drug-likeness (QED) is 0.434. The van der Waals surface area contributed by atoms with Crippen LogP contribution in [0.1, 0.15) is 0 Å². The van der Waals surface area contributed by atoms with Crippen molar-refractivity contribution >= 4 is 17.8 Å². The van der Waals surface area contributed by atoms with Crippen molar-refractivity contribution in [1.29, 1.82) is 0 Å². The zero-order chi connectivity index (χ0) is 10.4. The molecule has 0 saturated heterocycles. The van der Waals surface area contributed by atoms with Crippen molar-refractivity contribution in [3.8, 4) is 0 Å². The second kappa shape index (κ2) is 5.09. The Morgan fingerprint density at radius 1 is 1.00 bits per heavy atom. The third-order valence-corrected chi connectivity index (χ3v) is 1.11. The van der Waals surface area contributed by atoms with Gasteiger partial charge in [-0.3, -0.25) is 9.69 Å². The summed E-state index contributed by atoms with van der Waals surface area (Å²) in [6, 6.07) is 0. The fourth-order valence-electron chi connectivity index (χ4n) is 0.794. The fraction of sp³-hybridized carbons (Fsp3) is 0.500. The van der Waals surface area contributed by atoms with Crippen LogP contribution in [0, 0.1) is 0 Å². The summed E-state index contributed by atoms with van der Waals surface area (Å²) in [4.78, 5) is 32.1. The van der Waals surface area contributed by atoms with Crippen LogP contribution in [0.3, 0.4) is 0 Å². The molecular formula is C6H12N2O5+2. The van der Waals surface area contributed by atoms with Crippen molar-refractivity contribution in [1.82, 2.24) is 4.90 Å². The molecule has 0 atom stereocenters. The first-order valence-electron chi connectivity index (χ1n) is 3.41. The van der Waals surface area contributed by atoms with E-state index in [9.17, 15) is 14.4 Å². The van der Waals surface area contributed by atoms with Crippen LogP contribution in [0.2, 0.25) is 0 Å². The molecule has 0 rings (SSSR count). The van der Waals surface area contributed by atoms with E-state index in [1.54, 1.807) is 0 Å². The van der Waals surface area contributed by atoms with Gasteiger partial charge in [0.2, 0.25) is 5.91 Å². The standard InChI is InChI=1S/C6H10N2O5/c7-4(9)1-8(2-5(10)11)3-6(12)13/h1-3H2,(H2,7,9)(H,10,11)(H,12,13)/p+2. The Bertz CT molecular complexity index is 189. The third-order valence-electron chi connectivity index (χ3n) is 1.11. The zero-order valence-corrected chi connectivity index (χ0v) is 6.87. The summed E-state index contributed by atoms with van der Waals surface area (Å²) in [6.07, 6.45) is 0. The lowest BCUT2D eigenvalue weighted by Gasteiger charge is -2.10. The Kier molecular flexibility index (Phi) is 4.45. The lowest BCUT2D eigenvalue weighted by atomic mass is 10.4. The van der Waals surface area contributed by atoms with Gasteiger partial charge < -0.3 is 15.9 Å². The van der Waals surface area contributed by atoms with Crippen LogP contribution in [-0.4, -0.2) is 52.6 Å². The van der Waals surface area contributed by atoms with Crippen molar-refractivity contribution in [3.63, 3.8) is 0 Å². The molecule has 0 saturated carbocycles. The average molecular weight is 192 g/mol. The Labute approximate surface area is 73.7 Å². The lowest BCUT2D eigenvalue weighted by molar-refractivity contribution is -0.142. The molecule has 0 aliphatic rings. The summed E-state index contributed by atoms with van der Waals surface area (Å²) >= 11 is 0. The third kappa shape index (κ3) is 6.76. The lowest BCUT2D eigenvalue weighted by Crippen LogP contribution is -2.40. The van der Waals surface area contributed by atoms with Gasteiger partial charge in [0.15, 0.2) is 13.1 Å². The van der Waals surface area contributed by atoms with Gasteiger partial charge in [-0.15, -0.1) is 0 Å². The average Bonchev–Trinajstić information content (AvgIpc) is 1.80. The van der Waals surface area contributed by atoms with Gasteiger partial charge in [0.1, 0.15) is 0 Å². The molecule has 0 aromatic rings. The maximum atomic E-state index is 10.4. The van der Waals surface area contributed by atoms with E-state index in [0.29, 0.717) is 0 Å². The van der Waals surface area contributed by atoms with Gasteiger partial charge >= 0.3 is 11.9 Å². The molecule has 0 unspecified atom stereocenters. The number of nitrogens with two attached hydrogens (primary N) is 1. The molecule has 74 valence electrons. The molecule has 0 radical (unpaired) electrons. The van der Waals surface area contributed by atoms with E-state index in [4.69, 9.17) is 15.9 Å². The second-order valence-electron chi connectivity index (χ2n) is 2.46. The van der Waals surface area contributed by atoms with E-state index < -0.39 is 17.8 Å². The summed E-state index contributed by atoms with van der Waals surface area (Å²) in [5.41, 5.74) is 4.82. The van der Waals surface area contributed by atoms with Crippen molar-refractivity contribution in [2.75, 3.05) is 19.6 Å². The highest BCUT2D eigenvalue weighted by molar-refractivity contribution is 5.78. The summed E-state index contributed by atoms with van der Waals surface area (Å²) in [7, 11) is 0. The number of carbonyl (C=O) groups excluding carboxylic acids is 3. The first-order chi connectivity index (χ1) is 5.91. The molecule has 0 aliphatic heterocycles. The van der Waals surface area contributed by atoms with Crippen LogP contribution >= 0.6 is 0 Å². The molecule has 6 N–H and O–H groups in total. The van der Waals surface area contributed by atoms with Gasteiger partial charge in [-0.25, -0.2) is 0 Å². The smallest absolute Gasteiger partial charge is 0.530 e. The van der Waals surface area contributed by atoms with Gasteiger partial charge in [0.25, 0.3) is 0 Å². The topological polar surface area (TPSA) is 126 Å². The molecule has 0 fully saturated rings. The van der Waals surface area contributed by atoms with Crippen LogP contribution in [0.4, 0.5) is 0 Å². The summed E-state index contributed by atoms with van der Waals surface area (Å²) in [6.45, 7) is -1.03. The highest BCUT2D eigenvalue weighted by Crippen LogP contribution is 1.87. The number of nitrogens with zero attached hydrogens (tertiary/aromatic N) is 1. The van der Waals surface area contributed by atoms with Crippen molar-refractivity contribution in [2.45, 2.75) is 0 Å². The highest BCUT2D eigenvalue weighted by Gasteiger charge is 2.22. The molecule has 1 amide bonds. The minimum absolute atomic E-state index is 0.296. The van der Waals surface area contributed by atoms with E-state index >= 15 is 0 Å². The zero-order valence-electron chi connectivity index (χ0n) is 6.87. The van der Waals surface area contributed by atoms with E-state index in [1.807, 2.05) is 0 Å². The molecule has 0 heterocycles. The molecule has 13 heavy (non-hydrogen) atoms. The molecule has 7 nitrogen and oxygen atoms in total. The molecule has 0 spiro atoms. The summed E-state index contributed by atoms with van der Waals surface area (Å²) in [5, 5.41) is 13.2. The molecule has 0 aliphatic carbocycles. The SMILES string of the molecule is NC(=O)CN(CC(=O)[OH2+])CC(=O)[OH2+]. The molecule has 0 bridgehead atoms. The first kappa shape index (κ1) is 11.4. The number of carbonyl (C=O) groups is 3. The second-order valence-corrected chi connectivity index (χ2v) is 2.46. The van der Waals surface area contributed by atoms with E-state index in [1.165, 1.54) is 0 Å². The number of hydrogen-bond acceptors (Lipinski definition) is 4. The summed E-state index contributed by atoms with van der Waals surface area (Å²) in [5.74, 6) is -2.56. The van der Waals surface area contributed by atoms with E-state index in [-0.39, 0.29) is 19.6 Å². The van der Waals surface area contributed by atoms with Crippen LogP contribution in [-0.2, 0) is 14.4 Å². The fourth-order valence-corrected chi connectivity index (χ4v) is 0.794. The molecular weight excluding hydrogens is 180 g/mol. The predicted octanol–water partition coefficient (Wildman–Crippen LogP) is -3.72. The number of hydrogen-bond donors (Lipinski definition) is 1. The highest BCUT2D eigenvalue weighted by atomic mass is 16.4. The van der Waals surface area contributed by atoms with Crippen molar-refractivity contribution in [2.24, 2.45) is 5.73 Å². The number of amides is 1. The van der Waals surface area contributed by atoms with E-state index in [0.717, 1.165) is 4.90 Å². The summed E-state index contributed by atoms with van der Waals surface area (Å²) < 4.78 is 0. The van der Waals surface area contributed by atoms with Crippen molar-refractivity contribution < 1.29 is 24.6 Å². The predicted molar refractivity (Wildman–Crippen MR) is 42.9 cm³/mol. The Hall–Kier alpha value is -1.63. The maximum absolute atomic E-state index is 10.4. The normalized spacial score (nSPS) is 9.92. The molecule has 7 heteroatoms. The first-order valence-corrected chi connectivity index (χ1v) is 3.41. The van der Waals surface area contributed by atoms with Crippen LogP contribution in [0.5, 0.6) is 0 Å². The van der Waals surface area contributed by atoms with Gasteiger partial charge in [-0.2, -0.15) is 0 Å². The van der Waals surface area contributed by atoms with Crippen molar-refractivity contribution in [3.05, 3.63) is 0 Å². The largest absolute Gasteiger partial charge is 0.564 e. The number of primary amides is 1. The number of rotatable bonds is 6. The van der Waals surface area contributed by atoms with E-state index in [2.05, 4.69) is 0 Å². The van der Waals surface area contributed by atoms with Gasteiger partial charge in [0.05, 0.1) is 6.54 Å². The molecule has 0 aromatic heterocycles. The Morgan fingerprint density at radius 2 is 1.38 bits per heavy atom. The van der Waals surface area contributed by atoms with Crippen LogP contribution in [0.15, 0.2) is 0 Å². The van der Waals surface area contributed by atoms with Gasteiger partial charge in [-0.05, 0) is 0 Å². The van der Waals surface area contributed by atoms with Crippen LogP contribution < -0.4 is 5.73 Å². The Balaban J connectivity index is 4.10. The Morgan fingerprint density at radius 3 is 1.62 bits per heavy atom. The molecule has 0 aromatic carbocycles. The maximum Gasteiger partial charge on any atom is 0.530 e. The monoisotopic (exact) mass is 192 g/mol. The minimum Gasteiger partial charge on any atom is -0.564 e. The van der Waals surface area contributed by atoms with Gasteiger partial charge in [0, 0.05) is 9.59 Å². The van der Waals surface area contributed by atoms with Gasteiger partial charge in [-0.1, -0.05) is 0 Å². The van der Waals surface area contributed by atoms with Crippen LogP contribution in [0.25, 0.3) is 0 Å².